The number of carbonyl (C=O) groups is 1. The minimum Gasteiger partial charge on any atom is -0.497 e. The Labute approximate surface area is 125 Å². The fourth-order valence-corrected chi connectivity index (χ4v) is 2.48. The highest BCUT2D eigenvalue weighted by Crippen LogP contribution is 2.28. The van der Waals surface area contributed by atoms with E-state index in [2.05, 4.69) is 15.9 Å². The van der Waals surface area contributed by atoms with E-state index in [1.165, 1.54) is 0 Å². The molecule has 0 spiro atoms. The first-order valence-electron chi connectivity index (χ1n) is 5.68. The van der Waals surface area contributed by atoms with Crippen LogP contribution in [0.4, 0.5) is 0 Å². The van der Waals surface area contributed by atoms with Crippen LogP contribution in [-0.4, -0.2) is 12.9 Å². The van der Waals surface area contributed by atoms with E-state index in [4.69, 9.17) is 16.3 Å². The molecule has 2 aromatic carbocycles. The van der Waals surface area contributed by atoms with Crippen molar-refractivity contribution in [2.75, 3.05) is 7.11 Å². The van der Waals surface area contributed by atoms with E-state index in [9.17, 15) is 4.79 Å². The molecule has 0 N–H and O–H groups in total. The molecule has 2 rings (SSSR count). The molecule has 0 saturated carbocycles. The highest BCUT2D eigenvalue weighted by atomic mass is 79.9. The SMILES string of the molecule is COc1ccc(C(=O)c2cccc(C)c2Br)c(Cl)c1. The summed E-state index contributed by atoms with van der Waals surface area (Å²) in [5.74, 6) is 0.521. The van der Waals surface area contributed by atoms with Crippen molar-refractivity contribution in [3.63, 3.8) is 0 Å². The third-order valence-electron chi connectivity index (χ3n) is 2.86. The molecule has 0 bridgehead atoms. The Hall–Kier alpha value is -1.32. The summed E-state index contributed by atoms with van der Waals surface area (Å²) in [7, 11) is 1.56. The van der Waals surface area contributed by atoms with Crippen molar-refractivity contribution >= 4 is 33.3 Å². The Morgan fingerprint density at radius 3 is 2.58 bits per heavy atom. The molecule has 0 aliphatic heterocycles. The van der Waals surface area contributed by atoms with Gasteiger partial charge in [-0.15, -0.1) is 0 Å². The molecule has 19 heavy (non-hydrogen) atoms. The number of aryl methyl sites for hydroxylation is 1. The zero-order valence-corrected chi connectivity index (χ0v) is 12.9. The molecule has 0 saturated heterocycles. The maximum absolute atomic E-state index is 12.5. The molecule has 0 amide bonds. The standard InChI is InChI=1S/C15H12BrClO2/c1-9-4-3-5-12(14(9)16)15(18)11-7-6-10(19-2)8-13(11)17/h3-8H,1-2H3. The van der Waals surface area contributed by atoms with Crippen LogP contribution >= 0.6 is 27.5 Å². The number of carbonyl (C=O) groups excluding carboxylic acids is 1. The molecule has 0 aromatic heterocycles. The van der Waals surface area contributed by atoms with Gasteiger partial charge in [0.25, 0.3) is 0 Å². The van der Waals surface area contributed by atoms with E-state index in [1.54, 1.807) is 31.4 Å². The minimum atomic E-state index is -0.108. The van der Waals surface area contributed by atoms with Crippen molar-refractivity contribution in [2.45, 2.75) is 6.92 Å². The number of methoxy groups -OCH3 is 1. The van der Waals surface area contributed by atoms with Gasteiger partial charge in [-0.1, -0.05) is 23.7 Å². The van der Waals surface area contributed by atoms with E-state index < -0.39 is 0 Å². The second kappa shape index (κ2) is 5.76. The number of hydrogen-bond acceptors (Lipinski definition) is 2. The number of ketones is 1. The summed E-state index contributed by atoms with van der Waals surface area (Å²) in [5, 5.41) is 0.387. The van der Waals surface area contributed by atoms with Crippen molar-refractivity contribution < 1.29 is 9.53 Å². The molecule has 0 unspecified atom stereocenters. The lowest BCUT2D eigenvalue weighted by molar-refractivity contribution is 0.103. The van der Waals surface area contributed by atoms with E-state index in [0.29, 0.717) is 21.9 Å². The van der Waals surface area contributed by atoms with E-state index >= 15 is 0 Å². The van der Waals surface area contributed by atoms with Crippen LogP contribution < -0.4 is 4.74 Å². The lowest BCUT2D eigenvalue weighted by atomic mass is 10.0. The van der Waals surface area contributed by atoms with Gasteiger partial charge in [-0.2, -0.15) is 0 Å². The fourth-order valence-electron chi connectivity index (χ4n) is 1.77. The van der Waals surface area contributed by atoms with Crippen LogP contribution in [-0.2, 0) is 0 Å². The Morgan fingerprint density at radius 2 is 1.95 bits per heavy atom. The summed E-state index contributed by atoms with van der Waals surface area (Å²) in [6, 6.07) is 10.6. The van der Waals surface area contributed by atoms with Crippen molar-refractivity contribution in [1.82, 2.24) is 0 Å². The molecule has 0 atom stereocenters. The summed E-state index contributed by atoms with van der Waals surface area (Å²) in [6.45, 7) is 1.94. The minimum absolute atomic E-state index is 0.108. The third kappa shape index (κ3) is 2.82. The monoisotopic (exact) mass is 338 g/mol. The van der Waals surface area contributed by atoms with Gasteiger partial charge in [0.15, 0.2) is 5.78 Å². The van der Waals surface area contributed by atoms with E-state index in [-0.39, 0.29) is 5.78 Å². The van der Waals surface area contributed by atoms with Gasteiger partial charge in [0.05, 0.1) is 12.1 Å². The van der Waals surface area contributed by atoms with Crippen LogP contribution in [0, 0.1) is 6.92 Å². The molecule has 98 valence electrons. The first kappa shape index (κ1) is 14.1. The lowest BCUT2D eigenvalue weighted by Gasteiger charge is -2.09. The molecule has 0 fully saturated rings. The number of halogens is 2. The van der Waals surface area contributed by atoms with Crippen molar-refractivity contribution in [1.29, 1.82) is 0 Å². The van der Waals surface area contributed by atoms with Gasteiger partial charge in [0.1, 0.15) is 5.75 Å². The number of hydrogen-bond donors (Lipinski definition) is 0. The maximum Gasteiger partial charge on any atom is 0.195 e. The van der Waals surface area contributed by atoms with Crippen molar-refractivity contribution in [2.24, 2.45) is 0 Å². The molecule has 0 aliphatic rings. The molecular formula is C15H12BrClO2. The van der Waals surface area contributed by atoms with Crippen LogP contribution in [0.1, 0.15) is 21.5 Å². The Kier molecular flexibility index (Phi) is 4.27. The highest BCUT2D eigenvalue weighted by molar-refractivity contribution is 9.10. The second-order valence-electron chi connectivity index (χ2n) is 4.11. The molecular weight excluding hydrogens is 328 g/mol. The Balaban J connectivity index is 2.47. The zero-order valence-electron chi connectivity index (χ0n) is 10.5. The summed E-state index contributed by atoms with van der Waals surface area (Å²) < 4.78 is 5.87. The zero-order chi connectivity index (χ0) is 14.0. The van der Waals surface area contributed by atoms with E-state index in [0.717, 1.165) is 10.0 Å². The topological polar surface area (TPSA) is 26.3 Å². The predicted octanol–water partition coefficient (Wildman–Crippen LogP) is 4.65. The van der Waals surface area contributed by atoms with Gasteiger partial charge < -0.3 is 4.74 Å². The Morgan fingerprint density at radius 1 is 1.21 bits per heavy atom. The van der Waals surface area contributed by atoms with Crippen LogP contribution in [0.15, 0.2) is 40.9 Å². The van der Waals surface area contributed by atoms with Gasteiger partial charge in [0, 0.05) is 15.6 Å². The average Bonchev–Trinajstić information content (AvgIpc) is 2.41. The highest BCUT2D eigenvalue weighted by Gasteiger charge is 2.16. The van der Waals surface area contributed by atoms with Gasteiger partial charge in [0.2, 0.25) is 0 Å². The summed E-state index contributed by atoms with van der Waals surface area (Å²) >= 11 is 9.57. The molecule has 2 aromatic rings. The third-order valence-corrected chi connectivity index (χ3v) is 4.22. The molecule has 2 nitrogen and oxygen atoms in total. The van der Waals surface area contributed by atoms with Crippen LogP contribution in [0.5, 0.6) is 5.75 Å². The normalized spacial score (nSPS) is 10.3. The average molecular weight is 340 g/mol. The van der Waals surface area contributed by atoms with Gasteiger partial charge in [-0.05, 0) is 52.7 Å². The number of rotatable bonds is 3. The van der Waals surface area contributed by atoms with E-state index in [1.807, 2.05) is 19.1 Å². The quantitative estimate of drug-likeness (QED) is 0.761. The second-order valence-corrected chi connectivity index (χ2v) is 5.31. The predicted molar refractivity (Wildman–Crippen MR) is 80.3 cm³/mol. The number of ether oxygens (including phenoxy) is 1. The molecule has 0 radical (unpaired) electrons. The van der Waals surface area contributed by atoms with Crippen molar-refractivity contribution in [3.8, 4) is 5.75 Å². The molecule has 0 aliphatic carbocycles. The summed E-state index contributed by atoms with van der Waals surface area (Å²) in [5.41, 5.74) is 2.08. The van der Waals surface area contributed by atoms with Crippen LogP contribution in [0.2, 0.25) is 5.02 Å². The first-order valence-corrected chi connectivity index (χ1v) is 6.85. The van der Waals surface area contributed by atoms with Gasteiger partial charge in [-0.3, -0.25) is 4.79 Å². The summed E-state index contributed by atoms with van der Waals surface area (Å²) in [6.07, 6.45) is 0. The smallest absolute Gasteiger partial charge is 0.195 e. The molecule has 0 heterocycles. The van der Waals surface area contributed by atoms with Crippen LogP contribution in [0.25, 0.3) is 0 Å². The van der Waals surface area contributed by atoms with Crippen molar-refractivity contribution in [3.05, 3.63) is 62.6 Å². The maximum atomic E-state index is 12.5. The Bertz CT molecular complexity index is 638. The van der Waals surface area contributed by atoms with Crippen LogP contribution in [0.3, 0.4) is 0 Å². The fraction of sp³-hybridized carbons (Fsp3) is 0.133. The largest absolute Gasteiger partial charge is 0.497 e. The van der Waals surface area contributed by atoms with Gasteiger partial charge >= 0.3 is 0 Å². The first-order chi connectivity index (χ1) is 9.04. The lowest BCUT2D eigenvalue weighted by Crippen LogP contribution is -2.04. The molecule has 4 heteroatoms. The summed E-state index contributed by atoms with van der Waals surface area (Å²) in [4.78, 5) is 12.5. The van der Waals surface area contributed by atoms with Gasteiger partial charge in [-0.25, -0.2) is 0 Å². The number of benzene rings is 2.